The van der Waals surface area contributed by atoms with E-state index in [9.17, 15) is 18.0 Å². The highest BCUT2D eigenvalue weighted by atomic mass is 32.2. The molecule has 0 bridgehead atoms. The third kappa shape index (κ3) is 6.29. The van der Waals surface area contributed by atoms with Crippen LogP contribution in [0.25, 0.3) is 0 Å². The summed E-state index contributed by atoms with van der Waals surface area (Å²) in [6.45, 7) is 6.48. The van der Waals surface area contributed by atoms with Crippen molar-refractivity contribution in [1.29, 1.82) is 0 Å². The van der Waals surface area contributed by atoms with Gasteiger partial charge in [-0.15, -0.1) is 0 Å². The maximum absolute atomic E-state index is 12.1. The van der Waals surface area contributed by atoms with Gasteiger partial charge in [-0.1, -0.05) is 25.8 Å². The standard InChI is InChI=1S/C14H24N2O4S/c1-4-12(17)15-14(2,3)10-21(19,20)16-13(18)11-8-6-5-7-9-11/h4,11H,1,5-10H2,2-3H3,(H,15,17)(H,16,18). The Hall–Kier alpha value is -1.37. The van der Waals surface area contributed by atoms with Crippen LogP contribution in [-0.2, 0) is 19.6 Å². The minimum atomic E-state index is -3.79. The second-order valence-electron chi connectivity index (χ2n) is 6.14. The van der Waals surface area contributed by atoms with E-state index in [4.69, 9.17) is 0 Å². The van der Waals surface area contributed by atoms with Crippen molar-refractivity contribution in [1.82, 2.24) is 10.0 Å². The van der Waals surface area contributed by atoms with Crippen LogP contribution in [0.5, 0.6) is 0 Å². The van der Waals surface area contributed by atoms with Crippen molar-refractivity contribution in [3.63, 3.8) is 0 Å². The zero-order chi connectivity index (χ0) is 16.1. The van der Waals surface area contributed by atoms with Gasteiger partial charge in [0.1, 0.15) is 0 Å². The molecule has 0 aliphatic heterocycles. The molecule has 21 heavy (non-hydrogen) atoms. The van der Waals surface area contributed by atoms with Gasteiger partial charge in [0.2, 0.25) is 21.8 Å². The highest BCUT2D eigenvalue weighted by molar-refractivity contribution is 7.90. The van der Waals surface area contributed by atoms with E-state index in [1.165, 1.54) is 0 Å². The van der Waals surface area contributed by atoms with Crippen LogP contribution in [0.15, 0.2) is 12.7 Å². The normalized spacial score (nSPS) is 17.0. The average Bonchev–Trinajstić information content (AvgIpc) is 2.36. The molecular formula is C14H24N2O4S. The molecule has 6 nitrogen and oxygen atoms in total. The number of amides is 2. The van der Waals surface area contributed by atoms with E-state index < -0.39 is 27.4 Å². The van der Waals surface area contributed by atoms with Crippen molar-refractivity contribution < 1.29 is 18.0 Å². The van der Waals surface area contributed by atoms with Gasteiger partial charge in [-0.3, -0.25) is 14.3 Å². The lowest BCUT2D eigenvalue weighted by Crippen LogP contribution is -2.51. The molecule has 0 unspecified atom stereocenters. The van der Waals surface area contributed by atoms with Crippen LogP contribution in [0.3, 0.4) is 0 Å². The fourth-order valence-corrected chi connectivity index (χ4v) is 4.10. The number of carbonyl (C=O) groups excluding carboxylic acids is 2. The monoisotopic (exact) mass is 316 g/mol. The topological polar surface area (TPSA) is 92.3 Å². The first-order valence-corrected chi connectivity index (χ1v) is 8.79. The van der Waals surface area contributed by atoms with E-state index in [0.717, 1.165) is 38.2 Å². The SMILES string of the molecule is C=CC(=O)NC(C)(C)CS(=O)(=O)NC(=O)C1CCCCC1. The fraction of sp³-hybridized carbons (Fsp3) is 0.714. The van der Waals surface area contributed by atoms with Gasteiger partial charge in [-0.05, 0) is 32.8 Å². The van der Waals surface area contributed by atoms with Crippen LogP contribution in [0, 0.1) is 5.92 Å². The van der Waals surface area contributed by atoms with Gasteiger partial charge in [-0.2, -0.15) is 0 Å². The van der Waals surface area contributed by atoms with E-state index in [1.807, 2.05) is 0 Å². The Balaban J connectivity index is 2.61. The van der Waals surface area contributed by atoms with Crippen LogP contribution in [0.1, 0.15) is 46.0 Å². The molecular weight excluding hydrogens is 292 g/mol. The van der Waals surface area contributed by atoms with E-state index in [1.54, 1.807) is 13.8 Å². The minimum Gasteiger partial charge on any atom is -0.347 e. The molecule has 0 heterocycles. The first-order valence-electron chi connectivity index (χ1n) is 7.14. The van der Waals surface area contributed by atoms with Gasteiger partial charge in [0.15, 0.2) is 0 Å². The largest absolute Gasteiger partial charge is 0.347 e. The molecule has 0 aromatic heterocycles. The van der Waals surface area contributed by atoms with E-state index in [2.05, 4.69) is 16.6 Å². The van der Waals surface area contributed by atoms with Gasteiger partial charge in [0.25, 0.3) is 0 Å². The molecule has 0 atom stereocenters. The van der Waals surface area contributed by atoms with Crippen LogP contribution in [-0.4, -0.2) is 31.5 Å². The predicted molar refractivity (Wildman–Crippen MR) is 80.9 cm³/mol. The zero-order valence-corrected chi connectivity index (χ0v) is 13.5. The second kappa shape index (κ2) is 7.06. The molecule has 7 heteroatoms. The number of nitrogens with one attached hydrogen (secondary N) is 2. The van der Waals surface area contributed by atoms with E-state index in [-0.39, 0.29) is 11.7 Å². The number of hydrogen-bond acceptors (Lipinski definition) is 4. The molecule has 1 aliphatic carbocycles. The van der Waals surface area contributed by atoms with Crippen LogP contribution >= 0.6 is 0 Å². The molecule has 2 N–H and O–H groups in total. The summed E-state index contributed by atoms with van der Waals surface area (Å²) in [6.07, 6.45) is 5.56. The minimum absolute atomic E-state index is 0.223. The Morgan fingerprint density at radius 2 is 1.81 bits per heavy atom. The molecule has 1 fully saturated rings. The lowest BCUT2D eigenvalue weighted by atomic mass is 9.89. The first-order chi connectivity index (χ1) is 9.65. The Bertz CT molecular complexity index is 505. The summed E-state index contributed by atoms with van der Waals surface area (Å²) in [5.74, 6) is -1.47. The zero-order valence-electron chi connectivity index (χ0n) is 12.6. The van der Waals surface area contributed by atoms with Crippen molar-refractivity contribution >= 4 is 21.8 Å². The molecule has 1 rings (SSSR count). The smallest absolute Gasteiger partial charge is 0.243 e. The lowest BCUT2D eigenvalue weighted by Gasteiger charge is -2.26. The molecule has 120 valence electrons. The van der Waals surface area contributed by atoms with E-state index in [0.29, 0.717) is 0 Å². The van der Waals surface area contributed by atoms with Gasteiger partial charge in [-0.25, -0.2) is 8.42 Å². The first kappa shape index (κ1) is 17.7. The predicted octanol–water partition coefficient (Wildman–Crippen LogP) is 1.09. The van der Waals surface area contributed by atoms with Crippen LogP contribution < -0.4 is 10.0 Å². The maximum Gasteiger partial charge on any atom is 0.243 e. The third-order valence-corrected chi connectivity index (χ3v) is 5.04. The average molecular weight is 316 g/mol. The van der Waals surface area contributed by atoms with E-state index >= 15 is 0 Å². The second-order valence-corrected chi connectivity index (χ2v) is 7.86. The Labute approximate surface area is 126 Å². The number of rotatable bonds is 6. The van der Waals surface area contributed by atoms with Crippen molar-refractivity contribution in [2.24, 2.45) is 5.92 Å². The maximum atomic E-state index is 12.1. The van der Waals surface area contributed by atoms with Crippen LogP contribution in [0.2, 0.25) is 0 Å². The van der Waals surface area contributed by atoms with Gasteiger partial charge in [0.05, 0.1) is 11.3 Å². The molecule has 2 amide bonds. The van der Waals surface area contributed by atoms with Crippen molar-refractivity contribution in [2.45, 2.75) is 51.5 Å². The van der Waals surface area contributed by atoms with Crippen molar-refractivity contribution in [2.75, 3.05) is 5.75 Å². The summed E-state index contributed by atoms with van der Waals surface area (Å²) in [4.78, 5) is 23.3. The van der Waals surface area contributed by atoms with Gasteiger partial charge < -0.3 is 5.32 Å². The summed E-state index contributed by atoms with van der Waals surface area (Å²) in [7, 11) is -3.79. The highest BCUT2D eigenvalue weighted by Gasteiger charge is 2.30. The van der Waals surface area contributed by atoms with Crippen LogP contribution in [0.4, 0.5) is 0 Å². The molecule has 0 radical (unpaired) electrons. The Morgan fingerprint density at radius 3 is 2.33 bits per heavy atom. The summed E-state index contributed by atoms with van der Waals surface area (Å²) in [6, 6.07) is 0. The summed E-state index contributed by atoms with van der Waals surface area (Å²) < 4.78 is 26.2. The molecule has 0 aromatic carbocycles. The number of carbonyl (C=O) groups is 2. The Kier molecular flexibility index (Phi) is 5.95. The fourth-order valence-electron chi connectivity index (χ4n) is 2.53. The van der Waals surface area contributed by atoms with Gasteiger partial charge in [0, 0.05) is 5.92 Å². The number of hydrogen-bond donors (Lipinski definition) is 2. The molecule has 0 aromatic rings. The summed E-state index contributed by atoms with van der Waals surface area (Å²) >= 11 is 0. The molecule has 0 saturated heterocycles. The third-order valence-electron chi connectivity index (χ3n) is 3.43. The molecule has 0 spiro atoms. The highest BCUT2D eigenvalue weighted by Crippen LogP contribution is 2.23. The molecule has 1 saturated carbocycles. The number of sulfonamides is 1. The quantitative estimate of drug-likeness (QED) is 0.718. The van der Waals surface area contributed by atoms with Crippen molar-refractivity contribution in [3.05, 3.63) is 12.7 Å². The summed E-state index contributed by atoms with van der Waals surface area (Å²) in [5, 5.41) is 2.53. The lowest BCUT2D eigenvalue weighted by molar-refractivity contribution is -0.124. The van der Waals surface area contributed by atoms with Crippen molar-refractivity contribution in [3.8, 4) is 0 Å². The molecule has 1 aliphatic rings. The van der Waals surface area contributed by atoms with Gasteiger partial charge >= 0.3 is 0 Å². The Morgan fingerprint density at radius 1 is 1.24 bits per heavy atom. The summed E-state index contributed by atoms with van der Waals surface area (Å²) in [5.41, 5.74) is -0.982.